The number of aliphatic carboxylic acids is 1. The Morgan fingerprint density at radius 3 is 2.47 bits per heavy atom. The van der Waals surface area contributed by atoms with Crippen LogP contribution in [0.3, 0.4) is 0 Å². The van der Waals surface area contributed by atoms with E-state index >= 15 is 0 Å². The number of carboxylic acid groups (broad SMARTS) is 1. The molecular formula is C14H16N2O3. The van der Waals surface area contributed by atoms with E-state index in [-0.39, 0.29) is 12.5 Å². The van der Waals surface area contributed by atoms with Crippen molar-refractivity contribution < 1.29 is 14.7 Å². The van der Waals surface area contributed by atoms with Gasteiger partial charge in [0.1, 0.15) is 6.04 Å². The summed E-state index contributed by atoms with van der Waals surface area (Å²) in [6, 6.07) is 7.51. The van der Waals surface area contributed by atoms with Crippen molar-refractivity contribution in [2.45, 2.75) is 25.4 Å². The van der Waals surface area contributed by atoms with Crippen LogP contribution in [-0.4, -0.2) is 23.1 Å². The van der Waals surface area contributed by atoms with Crippen LogP contribution in [0, 0.1) is 12.3 Å². The quantitative estimate of drug-likeness (QED) is 0.702. The molecule has 0 spiro atoms. The molecule has 1 aromatic carbocycles. The number of amides is 2. The zero-order chi connectivity index (χ0) is 14.3. The number of carboxylic acids is 1. The van der Waals surface area contributed by atoms with Gasteiger partial charge in [-0.15, -0.1) is 12.3 Å². The van der Waals surface area contributed by atoms with Crippen LogP contribution in [0.4, 0.5) is 4.79 Å². The van der Waals surface area contributed by atoms with Crippen LogP contribution in [0.1, 0.15) is 24.9 Å². The minimum absolute atomic E-state index is 0.0531. The van der Waals surface area contributed by atoms with E-state index in [9.17, 15) is 9.59 Å². The second kappa shape index (κ2) is 7.07. The van der Waals surface area contributed by atoms with Gasteiger partial charge in [0.25, 0.3) is 0 Å². The second-order valence-corrected chi connectivity index (χ2v) is 4.05. The molecule has 3 N–H and O–H groups in total. The Hall–Kier alpha value is -2.48. The number of nitrogens with one attached hydrogen (secondary N) is 2. The predicted molar refractivity (Wildman–Crippen MR) is 71.4 cm³/mol. The summed E-state index contributed by atoms with van der Waals surface area (Å²) in [7, 11) is 0. The number of urea groups is 1. The highest BCUT2D eigenvalue weighted by Crippen LogP contribution is 2.10. The molecule has 2 atom stereocenters. The number of carbonyl (C=O) groups excluding carboxylic acids is 1. The van der Waals surface area contributed by atoms with Gasteiger partial charge in [-0.2, -0.15) is 0 Å². The molecule has 5 nitrogen and oxygen atoms in total. The fourth-order valence-electron chi connectivity index (χ4n) is 1.54. The van der Waals surface area contributed by atoms with Crippen molar-refractivity contribution in [3.63, 3.8) is 0 Å². The lowest BCUT2D eigenvalue weighted by molar-refractivity contribution is -0.139. The molecule has 0 aliphatic rings. The normalized spacial score (nSPS) is 12.8. The smallest absolute Gasteiger partial charge is 0.327 e. The van der Waals surface area contributed by atoms with Crippen LogP contribution < -0.4 is 10.6 Å². The van der Waals surface area contributed by atoms with Gasteiger partial charge in [-0.05, 0) is 12.5 Å². The Labute approximate surface area is 112 Å². The molecule has 0 saturated heterocycles. The van der Waals surface area contributed by atoms with E-state index in [1.54, 1.807) is 0 Å². The Balaban J connectivity index is 2.55. The summed E-state index contributed by atoms with van der Waals surface area (Å²) in [5, 5.41) is 13.9. The summed E-state index contributed by atoms with van der Waals surface area (Å²) in [6.45, 7) is 1.81. The Morgan fingerprint density at radius 2 is 1.95 bits per heavy atom. The highest BCUT2D eigenvalue weighted by molar-refractivity contribution is 5.82. The molecule has 0 heterocycles. The molecule has 2 unspecified atom stereocenters. The van der Waals surface area contributed by atoms with E-state index in [4.69, 9.17) is 11.5 Å². The Bertz CT molecular complexity index is 479. The highest BCUT2D eigenvalue weighted by Gasteiger charge is 2.19. The SMILES string of the molecule is C#CCC(NC(=O)NC(C)c1ccccc1)C(=O)O. The number of hydrogen-bond acceptors (Lipinski definition) is 2. The fourth-order valence-corrected chi connectivity index (χ4v) is 1.54. The molecule has 0 radical (unpaired) electrons. The molecule has 1 aromatic rings. The van der Waals surface area contributed by atoms with E-state index in [0.717, 1.165) is 5.56 Å². The van der Waals surface area contributed by atoms with Crippen molar-refractivity contribution in [3.8, 4) is 12.3 Å². The Kier molecular flexibility index (Phi) is 5.42. The van der Waals surface area contributed by atoms with Crippen molar-refractivity contribution in [1.82, 2.24) is 10.6 Å². The second-order valence-electron chi connectivity index (χ2n) is 4.05. The van der Waals surface area contributed by atoms with Crippen molar-refractivity contribution in [2.24, 2.45) is 0 Å². The monoisotopic (exact) mass is 260 g/mol. The largest absolute Gasteiger partial charge is 0.480 e. The van der Waals surface area contributed by atoms with E-state index < -0.39 is 18.0 Å². The Morgan fingerprint density at radius 1 is 1.32 bits per heavy atom. The lowest BCUT2D eigenvalue weighted by Crippen LogP contribution is -2.46. The standard InChI is InChI=1S/C14H16N2O3/c1-3-7-12(13(17)18)16-14(19)15-10(2)11-8-5-4-6-9-11/h1,4-6,8-10,12H,7H2,2H3,(H,17,18)(H2,15,16,19). The van der Waals surface area contributed by atoms with Gasteiger partial charge in [-0.3, -0.25) is 0 Å². The molecule has 5 heteroatoms. The molecular weight excluding hydrogens is 244 g/mol. The lowest BCUT2D eigenvalue weighted by atomic mass is 10.1. The summed E-state index contributed by atoms with van der Waals surface area (Å²) in [5.41, 5.74) is 0.932. The van der Waals surface area contributed by atoms with Crippen LogP contribution >= 0.6 is 0 Å². The summed E-state index contributed by atoms with van der Waals surface area (Å²) in [6.07, 6.45) is 5.00. The van der Waals surface area contributed by atoms with Gasteiger partial charge in [0, 0.05) is 6.42 Å². The first-order chi connectivity index (χ1) is 9.04. The number of rotatable bonds is 5. The van der Waals surface area contributed by atoms with Crippen molar-refractivity contribution in [3.05, 3.63) is 35.9 Å². The molecule has 100 valence electrons. The molecule has 0 fully saturated rings. The van der Waals surface area contributed by atoms with Gasteiger partial charge in [0.05, 0.1) is 6.04 Å². The van der Waals surface area contributed by atoms with Crippen LogP contribution in [-0.2, 0) is 4.79 Å². The van der Waals surface area contributed by atoms with Crippen LogP contribution in [0.2, 0.25) is 0 Å². The molecule has 0 aliphatic heterocycles. The minimum Gasteiger partial charge on any atom is -0.480 e. The van der Waals surface area contributed by atoms with Crippen LogP contribution in [0.5, 0.6) is 0 Å². The third-order valence-electron chi connectivity index (χ3n) is 2.57. The van der Waals surface area contributed by atoms with Gasteiger partial charge in [0.2, 0.25) is 0 Å². The fraction of sp³-hybridized carbons (Fsp3) is 0.286. The molecule has 0 aromatic heterocycles. The van der Waals surface area contributed by atoms with Crippen molar-refractivity contribution in [2.75, 3.05) is 0 Å². The third kappa shape index (κ3) is 4.72. The molecule has 2 amide bonds. The number of benzene rings is 1. The summed E-state index contributed by atoms with van der Waals surface area (Å²) in [5.74, 6) is 1.06. The number of carbonyl (C=O) groups is 2. The first-order valence-electron chi connectivity index (χ1n) is 5.83. The zero-order valence-electron chi connectivity index (χ0n) is 10.6. The average molecular weight is 260 g/mol. The minimum atomic E-state index is -1.15. The van der Waals surface area contributed by atoms with Gasteiger partial charge in [-0.1, -0.05) is 30.3 Å². The molecule has 0 aliphatic carbocycles. The van der Waals surface area contributed by atoms with E-state index in [0.29, 0.717) is 0 Å². The van der Waals surface area contributed by atoms with Crippen molar-refractivity contribution in [1.29, 1.82) is 0 Å². The molecule has 0 saturated carbocycles. The summed E-state index contributed by atoms with van der Waals surface area (Å²) in [4.78, 5) is 22.5. The topological polar surface area (TPSA) is 78.4 Å². The number of hydrogen-bond donors (Lipinski definition) is 3. The summed E-state index contributed by atoms with van der Waals surface area (Å²) >= 11 is 0. The van der Waals surface area contributed by atoms with Crippen LogP contribution in [0.25, 0.3) is 0 Å². The maximum atomic E-state index is 11.7. The van der Waals surface area contributed by atoms with Gasteiger partial charge < -0.3 is 15.7 Å². The highest BCUT2D eigenvalue weighted by atomic mass is 16.4. The number of terminal acetylenes is 1. The molecule has 1 rings (SSSR count). The maximum Gasteiger partial charge on any atom is 0.327 e. The first kappa shape index (κ1) is 14.6. The van der Waals surface area contributed by atoms with Crippen molar-refractivity contribution >= 4 is 12.0 Å². The van der Waals surface area contributed by atoms with Crippen LogP contribution in [0.15, 0.2) is 30.3 Å². The van der Waals surface area contributed by atoms with Gasteiger partial charge in [-0.25, -0.2) is 9.59 Å². The van der Waals surface area contributed by atoms with E-state index in [2.05, 4.69) is 16.6 Å². The lowest BCUT2D eigenvalue weighted by Gasteiger charge is -2.17. The molecule has 0 bridgehead atoms. The first-order valence-corrected chi connectivity index (χ1v) is 5.83. The average Bonchev–Trinajstić information content (AvgIpc) is 2.39. The maximum absolute atomic E-state index is 11.7. The predicted octanol–water partition coefficient (Wildman–Crippen LogP) is 1.52. The van der Waals surface area contributed by atoms with E-state index in [1.165, 1.54) is 0 Å². The van der Waals surface area contributed by atoms with Gasteiger partial charge >= 0.3 is 12.0 Å². The zero-order valence-corrected chi connectivity index (χ0v) is 10.6. The van der Waals surface area contributed by atoms with Gasteiger partial charge in [0.15, 0.2) is 0 Å². The third-order valence-corrected chi connectivity index (χ3v) is 2.57. The van der Waals surface area contributed by atoms with E-state index in [1.807, 2.05) is 37.3 Å². The molecule has 19 heavy (non-hydrogen) atoms. The summed E-state index contributed by atoms with van der Waals surface area (Å²) < 4.78 is 0.